The van der Waals surface area contributed by atoms with E-state index < -0.39 is 0 Å². The van der Waals surface area contributed by atoms with E-state index in [0.29, 0.717) is 23.3 Å². The van der Waals surface area contributed by atoms with Crippen LogP contribution in [0.1, 0.15) is 11.3 Å². The third kappa shape index (κ3) is 1.89. The largest absolute Gasteiger partial charge is 0.468 e. The van der Waals surface area contributed by atoms with E-state index in [2.05, 4.69) is 0 Å². The molecule has 2 aliphatic rings. The molecule has 0 spiro atoms. The molecular weight excluding hydrogens is 304 g/mol. The molecule has 1 aromatic heterocycles. The second-order valence-corrected chi connectivity index (χ2v) is 6.01. The number of hydrogen-bond acceptors (Lipinski definition) is 4. The fourth-order valence-corrected chi connectivity index (χ4v) is 3.45. The molecule has 0 saturated carbocycles. The Morgan fingerprint density at radius 1 is 0.875 bits per heavy atom. The van der Waals surface area contributed by atoms with Gasteiger partial charge in [0.15, 0.2) is 11.5 Å². The van der Waals surface area contributed by atoms with Crippen LogP contribution in [-0.4, -0.2) is 6.79 Å². The molecular formula is C20H14O4. The Kier molecular flexibility index (Phi) is 2.80. The lowest BCUT2D eigenvalue weighted by Gasteiger charge is -2.19. The number of fused-ring (bicyclic) bond motifs is 4. The van der Waals surface area contributed by atoms with Crippen molar-refractivity contribution in [3.63, 3.8) is 0 Å². The van der Waals surface area contributed by atoms with E-state index in [9.17, 15) is 4.79 Å². The first kappa shape index (κ1) is 13.4. The minimum Gasteiger partial charge on any atom is -0.468 e. The van der Waals surface area contributed by atoms with Gasteiger partial charge in [0.1, 0.15) is 12.0 Å². The van der Waals surface area contributed by atoms with Crippen LogP contribution in [-0.2, 0) is 12.8 Å². The van der Waals surface area contributed by atoms with Gasteiger partial charge in [-0.3, -0.25) is 4.79 Å². The highest BCUT2D eigenvalue weighted by molar-refractivity contribution is 5.78. The SMILES string of the molecule is O=c1c(-c2ccccc2)coc2c1-c1cc3c(cc1CC2)OCO3. The zero-order chi connectivity index (χ0) is 16.1. The summed E-state index contributed by atoms with van der Waals surface area (Å²) in [4.78, 5) is 13.1. The molecule has 0 N–H and O–H groups in total. The van der Waals surface area contributed by atoms with Crippen LogP contribution in [0.3, 0.4) is 0 Å². The molecule has 2 aromatic carbocycles. The highest BCUT2D eigenvalue weighted by Crippen LogP contribution is 2.41. The molecule has 4 nitrogen and oxygen atoms in total. The third-order valence-corrected chi connectivity index (χ3v) is 4.64. The van der Waals surface area contributed by atoms with Gasteiger partial charge in [-0.1, -0.05) is 30.3 Å². The highest BCUT2D eigenvalue weighted by atomic mass is 16.7. The second-order valence-electron chi connectivity index (χ2n) is 6.01. The van der Waals surface area contributed by atoms with E-state index >= 15 is 0 Å². The molecule has 1 aliphatic carbocycles. The quantitative estimate of drug-likeness (QED) is 0.685. The van der Waals surface area contributed by atoms with E-state index in [0.717, 1.165) is 34.6 Å². The maximum atomic E-state index is 13.1. The topological polar surface area (TPSA) is 48.7 Å². The van der Waals surface area contributed by atoms with Crippen molar-refractivity contribution < 1.29 is 13.9 Å². The predicted octanol–water partition coefficient (Wildman–Crippen LogP) is 3.80. The monoisotopic (exact) mass is 318 g/mol. The zero-order valence-corrected chi connectivity index (χ0v) is 12.9. The van der Waals surface area contributed by atoms with Gasteiger partial charge in [-0.05, 0) is 35.2 Å². The normalized spacial score (nSPS) is 14.2. The summed E-state index contributed by atoms with van der Waals surface area (Å²) in [5.41, 5.74) is 4.09. The van der Waals surface area contributed by atoms with Crippen molar-refractivity contribution >= 4 is 0 Å². The van der Waals surface area contributed by atoms with Crippen LogP contribution in [0, 0.1) is 0 Å². The first-order valence-electron chi connectivity index (χ1n) is 7.94. The maximum absolute atomic E-state index is 13.1. The van der Waals surface area contributed by atoms with Gasteiger partial charge in [0.05, 0.1) is 11.1 Å². The summed E-state index contributed by atoms with van der Waals surface area (Å²) >= 11 is 0. The fourth-order valence-electron chi connectivity index (χ4n) is 3.45. The fraction of sp³-hybridized carbons (Fsp3) is 0.150. The molecule has 0 saturated heterocycles. The molecule has 0 atom stereocenters. The molecule has 3 aromatic rings. The van der Waals surface area contributed by atoms with Crippen molar-refractivity contribution in [3.8, 4) is 33.8 Å². The van der Waals surface area contributed by atoms with Gasteiger partial charge < -0.3 is 13.9 Å². The molecule has 2 heterocycles. The van der Waals surface area contributed by atoms with Crippen LogP contribution in [0.15, 0.2) is 57.9 Å². The molecule has 0 radical (unpaired) electrons. The minimum atomic E-state index is 0.00210. The van der Waals surface area contributed by atoms with Crippen molar-refractivity contribution in [3.05, 3.63) is 70.3 Å². The molecule has 5 rings (SSSR count). The molecule has 0 unspecified atom stereocenters. The van der Waals surface area contributed by atoms with Gasteiger partial charge in [-0.15, -0.1) is 0 Å². The number of aryl methyl sites for hydroxylation is 2. The van der Waals surface area contributed by atoms with Crippen LogP contribution >= 0.6 is 0 Å². The Morgan fingerprint density at radius 2 is 1.67 bits per heavy atom. The number of rotatable bonds is 1. The van der Waals surface area contributed by atoms with E-state index in [-0.39, 0.29) is 12.2 Å². The first-order chi connectivity index (χ1) is 11.8. The molecule has 24 heavy (non-hydrogen) atoms. The van der Waals surface area contributed by atoms with Crippen molar-refractivity contribution in [2.45, 2.75) is 12.8 Å². The van der Waals surface area contributed by atoms with E-state index in [1.54, 1.807) is 6.26 Å². The summed E-state index contributed by atoms with van der Waals surface area (Å²) in [5.74, 6) is 2.18. The summed E-state index contributed by atoms with van der Waals surface area (Å²) in [5, 5.41) is 0. The average molecular weight is 318 g/mol. The number of hydrogen-bond donors (Lipinski definition) is 0. The summed E-state index contributed by atoms with van der Waals surface area (Å²) in [6.07, 6.45) is 3.12. The second kappa shape index (κ2) is 4.99. The summed E-state index contributed by atoms with van der Waals surface area (Å²) in [7, 11) is 0. The van der Waals surface area contributed by atoms with E-state index in [1.807, 2.05) is 42.5 Å². The van der Waals surface area contributed by atoms with Crippen molar-refractivity contribution in [1.82, 2.24) is 0 Å². The van der Waals surface area contributed by atoms with Crippen molar-refractivity contribution in [2.24, 2.45) is 0 Å². The van der Waals surface area contributed by atoms with Crippen molar-refractivity contribution in [2.75, 3.05) is 6.79 Å². The first-order valence-corrected chi connectivity index (χ1v) is 7.94. The molecule has 0 fully saturated rings. The standard InChI is InChI=1S/C20H14O4/c21-20-15(12-4-2-1-3-5-12)10-22-16-7-6-13-8-17-18(24-11-23-17)9-14(13)19(16)20/h1-5,8-10H,6-7,11H2. The third-order valence-electron chi connectivity index (χ3n) is 4.64. The lowest BCUT2D eigenvalue weighted by molar-refractivity contribution is 0.174. The zero-order valence-electron chi connectivity index (χ0n) is 12.9. The Balaban J connectivity index is 1.76. The van der Waals surface area contributed by atoms with Crippen LogP contribution in [0.25, 0.3) is 22.3 Å². The van der Waals surface area contributed by atoms with Crippen LogP contribution < -0.4 is 14.9 Å². The van der Waals surface area contributed by atoms with Crippen molar-refractivity contribution in [1.29, 1.82) is 0 Å². The Labute approximate surface area is 138 Å². The smallest absolute Gasteiger partial charge is 0.231 e. The Bertz CT molecular complexity index is 1000. The lowest BCUT2D eigenvalue weighted by atomic mass is 9.87. The Hall–Kier alpha value is -3.01. The van der Waals surface area contributed by atoms with Crippen LogP contribution in [0.5, 0.6) is 11.5 Å². The van der Waals surface area contributed by atoms with Gasteiger partial charge in [0, 0.05) is 6.42 Å². The molecule has 1 aliphatic heterocycles. The average Bonchev–Trinajstić information content (AvgIpc) is 3.08. The number of ether oxygens (including phenoxy) is 2. The maximum Gasteiger partial charge on any atom is 0.231 e. The molecule has 0 bridgehead atoms. The van der Waals surface area contributed by atoms with E-state index in [1.165, 1.54) is 0 Å². The highest BCUT2D eigenvalue weighted by Gasteiger charge is 2.26. The Morgan fingerprint density at radius 3 is 2.50 bits per heavy atom. The minimum absolute atomic E-state index is 0.00210. The van der Waals surface area contributed by atoms with Crippen LogP contribution in [0.2, 0.25) is 0 Å². The molecule has 4 heteroatoms. The summed E-state index contributed by atoms with van der Waals surface area (Å²) in [6, 6.07) is 13.5. The summed E-state index contributed by atoms with van der Waals surface area (Å²) in [6.45, 7) is 0.226. The van der Waals surface area contributed by atoms with Gasteiger partial charge >= 0.3 is 0 Å². The number of benzene rings is 2. The van der Waals surface area contributed by atoms with Gasteiger partial charge in [0.25, 0.3) is 0 Å². The van der Waals surface area contributed by atoms with Gasteiger partial charge in [-0.2, -0.15) is 0 Å². The lowest BCUT2D eigenvalue weighted by Crippen LogP contribution is -2.16. The molecule has 118 valence electrons. The summed E-state index contributed by atoms with van der Waals surface area (Å²) < 4.78 is 16.8. The van der Waals surface area contributed by atoms with Crippen LogP contribution in [0.4, 0.5) is 0 Å². The van der Waals surface area contributed by atoms with Gasteiger partial charge in [0.2, 0.25) is 12.2 Å². The van der Waals surface area contributed by atoms with Gasteiger partial charge in [-0.25, -0.2) is 0 Å². The van der Waals surface area contributed by atoms with E-state index in [4.69, 9.17) is 13.9 Å². The predicted molar refractivity (Wildman–Crippen MR) is 89.4 cm³/mol. The molecule has 0 amide bonds.